The van der Waals surface area contributed by atoms with Gasteiger partial charge in [-0.05, 0) is 22.3 Å². The largest absolute Gasteiger partial charge is 0.374 e. The van der Waals surface area contributed by atoms with Gasteiger partial charge in [0.15, 0.2) is 6.29 Å². The van der Waals surface area contributed by atoms with Crippen LogP contribution in [0, 0.1) is 0 Å². The van der Waals surface area contributed by atoms with Gasteiger partial charge >= 0.3 is 0 Å². The van der Waals surface area contributed by atoms with Crippen LogP contribution in [0.1, 0.15) is 22.3 Å². The molecule has 0 aromatic heterocycles. The summed E-state index contributed by atoms with van der Waals surface area (Å²) in [5.74, 6) is 0. The highest BCUT2D eigenvalue weighted by Crippen LogP contribution is 2.28. The third-order valence-corrected chi connectivity index (χ3v) is 6.91. The van der Waals surface area contributed by atoms with E-state index in [0.717, 1.165) is 22.3 Å². The Balaban J connectivity index is 0.00000387. The summed E-state index contributed by atoms with van der Waals surface area (Å²) in [6.45, 7) is 1.93. The molecule has 1 fully saturated rings. The molecule has 216 valence electrons. The number of nitrogens with two attached hydrogens (primary N) is 1. The third kappa shape index (κ3) is 9.21. The van der Waals surface area contributed by atoms with Crippen molar-refractivity contribution < 1.29 is 23.7 Å². The first-order valence-corrected chi connectivity index (χ1v) is 13.8. The van der Waals surface area contributed by atoms with Crippen LogP contribution in [0.15, 0.2) is 121 Å². The molecule has 0 bridgehead atoms. The highest BCUT2D eigenvalue weighted by atomic mass is 35.5. The molecule has 6 nitrogen and oxygen atoms in total. The smallest absolute Gasteiger partial charge is 0.176 e. The maximum absolute atomic E-state index is 6.80. The second-order valence-corrected chi connectivity index (χ2v) is 9.94. The molecule has 0 radical (unpaired) electrons. The lowest BCUT2D eigenvalue weighted by molar-refractivity contribution is -0.289. The lowest BCUT2D eigenvalue weighted by atomic mass is 9.96. The van der Waals surface area contributed by atoms with E-state index in [4.69, 9.17) is 29.4 Å². The van der Waals surface area contributed by atoms with Crippen molar-refractivity contribution in [3.63, 3.8) is 0 Å². The van der Waals surface area contributed by atoms with Crippen LogP contribution in [0.25, 0.3) is 0 Å². The topological polar surface area (TPSA) is 72.2 Å². The number of hydrogen-bond acceptors (Lipinski definition) is 6. The summed E-state index contributed by atoms with van der Waals surface area (Å²) in [4.78, 5) is 0. The van der Waals surface area contributed by atoms with Crippen LogP contribution in [0.2, 0.25) is 0 Å². The van der Waals surface area contributed by atoms with Gasteiger partial charge in [-0.25, -0.2) is 0 Å². The SMILES string of the molecule is Cl.N[C@H]1C(OCc2ccccc2)O[C@H](COCc2ccccc2)[C@@H](OCc2ccccc2)[C@@H]1OCc1ccccc1. The second-order valence-electron chi connectivity index (χ2n) is 9.94. The van der Waals surface area contributed by atoms with Crippen LogP contribution in [0.5, 0.6) is 0 Å². The van der Waals surface area contributed by atoms with Crippen molar-refractivity contribution in [1.29, 1.82) is 0 Å². The Kier molecular flexibility index (Phi) is 12.3. The van der Waals surface area contributed by atoms with Crippen molar-refractivity contribution in [1.82, 2.24) is 0 Å². The molecule has 0 amide bonds. The fourth-order valence-electron chi connectivity index (χ4n) is 4.77. The molecule has 1 aliphatic rings. The lowest BCUT2D eigenvalue weighted by Crippen LogP contribution is -2.64. The van der Waals surface area contributed by atoms with Gasteiger partial charge in [-0.2, -0.15) is 0 Å². The van der Waals surface area contributed by atoms with Crippen molar-refractivity contribution in [3.05, 3.63) is 144 Å². The maximum Gasteiger partial charge on any atom is 0.176 e. The standard InChI is InChI=1S/C34H37NO5.ClH/c35-31-33(38-23-28-17-9-3-10-18-28)32(37-22-27-15-7-2-8-16-27)30(25-36-21-26-13-5-1-6-14-26)40-34(31)39-24-29-19-11-4-12-20-29;/h1-20,30-34H,21-25,35H2;1H/t30-,31-,32-,33-,34?;/m1./s1. The van der Waals surface area contributed by atoms with E-state index in [1.165, 1.54) is 0 Å². The predicted molar refractivity (Wildman–Crippen MR) is 161 cm³/mol. The Hall–Kier alpha value is -3.07. The highest BCUT2D eigenvalue weighted by Gasteiger charge is 2.46. The van der Waals surface area contributed by atoms with Gasteiger partial charge in [0.25, 0.3) is 0 Å². The summed E-state index contributed by atoms with van der Waals surface area (Å²) >= 11 is 0. The Morgan fingerprint density at radius 1 is 0.512 bits per heavy atom. The fraction of sp³-hybridized carbons (Fsp3) is 0.294. The van der Waals surface area contributed by atoms with E-state index in [1.807, 2.05) is 121 Å². The molecular weight excluding hydrogens is 538 g/mol. The second kappa shape index (κ2) is 16.4. The summed E-state index contributed by atoms with van der Waals surface area (Å²) in [6.07, 6.45) is -2.09. The molecule has 1 heterocycles. The van der Waals surface area contributed by atoms with Gasteiger partial charge in [0.05, 0.1) is 39.1 Å². The quantitative estimate of drug-likeness (QED) is 0.209. The number of hydrogen-bond donors (Lipinski definition) is 1. The minimum atomic E-state index is -0.692. The molecule has 1 unspecified atom stereocenters. The van der Waals surface area contributed by atoms with E-state index in [1.54, 1.807) is 0 Å². The molecule has 5 rings (SSSR count). The first-order valence-electron chi connectivity index (χ1n) is 13.8. The van der Waals surface area contributed by atoms with Crippen LogP contribution < -0.4 is 5.73 Å². The zero-order valence-corrected chi connectivity index (χ0v) is 23.8. The number of halogens is 1. The van der Waals surface area contributed by atoms with Crippen LogP contribution in [0.3, 0.4) is 0 Å². The van der Waals surface area contributed by atoms with Crippen molar-refractivity contribution in [2.24, 2.45) is 5.73 Å². The number of benzene rings is 4. The van der Waals surface area contributed by atoms with Gasteiger partial charge in [0.2, 0.25) is 0 Å². The Morgan fingerprint density at radius 3 is 1.37 bits per heavy atom. The molecule has 0 spiro atoms. The number of ether oxygens (including phenoxy) is 5. The molecule has 5 atom stereocenters. The molecular formula is C34H38ClNO5. The highest BCUT2D eigenvalue weighted by molar-refractivity contribution is 5.85. The molecule has 1 aliphatic heterocycles. The van der Waals surface area contributed by atoms with Gasteiger partial charge in [-0.15, -0.1) is 12.4 Å². The fourth-order valence-corrected chi connectivity index (χ4v) is 4.77. The summed E-state index contributed by atoms with van der Waals surface area (Å²) in [5.41, 5.74) is 11.0. The minimum absolute atomic E-state index is 0. The zero-order chi connectivity index (χ0) is 27.4. The lowest BCUT2D eigenvalue weighted by Gasteiger charge is -2.44. The van der Waals surface area contributed by atoms with Crippen molar-refractivity contribution >= 4 is 12.4 Å². The van der Waals surface area contributed by atoms with E-state index in [0.29, 0.717) is 33.0 Å². The third-order valence-electron chi connectivity index (χ3n) is 6.91. The van der Waals surface area contributed by atoms with E-state index in [-0.39, 0.29) is 12.4 Å². The van der Waals surface area contributed by atoms with E-state index in [2.05, 4.69) is 0 Å². The van der Waals surface area contributed by atoms with Crippen molar-refractivity contribution in [2.75, 3.05) is 6.61 Å². The van der Waals surface area contributed by atoms with Gasteiger partial charge in [-0.3, -0.25) is 0 Å². The summed E-state index contributed by atoms with van der Waals surface area (Å²) in [6, 6.07) is 39.6. The molecule has 0 aliphatic carbocycles. The average molecular weight is 576 g/mol. The Labute approximate surface area is 248 Å². The zero-order valence-electron chi connectivity index (χ0n) is 23.0. The summed E-state index contributed by atoms with van der Waals surface area (Å²) < 4.78 is 31.8. The Bertz CT molecular complexity index is 1210. The van der Waals surface area contributed by atoms with Crippen LogP contribution >= 0.6 is 12.4 Å². The number of rotatable bonds is 13. The molecule has 0 saturated carbocycles. The molecule has 4 aromatic carbocycles. The molecule has 41 heavy (non-hydrogen) atoms. The predicted octanol–water partition coefficient (Wildman–Crippen LogP) is 6.06. The monoisotopic (exact) mass is 575 g/mol. The van der Waals surface area contributed by atoms with E-state index in [9.17, 15) is 0 Å². The molecule has 4 aromatic rings. The maximum atomic E-state index is 6.80. The van der Waals surface area contributed by atoms with E-state index < -0.39 is 30.6 Å². The van der Waals surface area contributed by atoms with Crippen molar-refractivity contribution in [2.45, 2.75) is 57.1 Å². The van der Waals surface area contributed by atoms with Crippen LogP contribution in [0.4, 0.5) is 0 Å². The van der Waals surface area contributed by atoms with Gasteiger partial charge in [0, 0.05) is 0 Å². The van der Waals surface area contributed by atoms with Crippen LogP contribution in [-0.4, -0.2) is 37.3 Å². The Morgan fingerprint density at radius 2 is 0.902 bits per heavy atom. The van der Waals surface area contributed by atoms with Crippen LogP contribution in [-0.2, 0) is 50.1 Å². The average Bonchev–Trinajstić information content (AvgIpc) is 3.01. The van der Waals surface area contributed by atoms with Crippen molar-refractivity contribution in [3.8, 4) is 0 Å². The summed E-state index contributed by atoms with van der Waals surface area (Å²) in [5, 5.41) is 0. The molecule has 2 N–H and O–H groups in total. The first-order chi connectivity index (χ1) is 19.8. The molecule has 7 heteroatoms. The normalized spacial score (nSPS) is 22.1. The van der Waals surface area contributed by atoms with Gasteiger partial charge in [0.1, 0.15) is 18.3 Å². The first kappa shape index (κ1) is 30.9. The minimum Gasteiger partial charge on any atom is -0.374 e. The van der Waals surface area contributed by atoms with Gasteiger partial charge in [-0.1, -0.05) is 121 Å². The molecule has 1 saturated heterocycles. The van der Waals surface area contributed by atoms with Gasteiger partial charge < -0.3 is 29.4 Å². The van der Waals surface area contributed by atoms with E-state index >= 15 is 0 Å². The summed E-state index contributed by atoms with van der Waals surface area (Å²) in [7, 11) is 0.